The monoisotopic (exact) mass is 628 g/mol. The molecule has 2 fully saturated rings. The van der Waals surface area contributed by atoms with Crippen LogP contribution >= 0.6 is 0 Å². The van der Waals surface area contributed by atoms with Crippen LogP contribution in [-0.2, 0) is 47.7 Å². The molecule has 0 bridgehead atoms. The Morgan fingerprint density at radius 1 is 0.600 bits per heavy atom. The van der Waals surface area contributed by atoms with Crippen LogP contribution in [0, 0.1) is 30.6 Å². The van der Waals surface area contributed by atoms with E-state index in [9.17, 15) is 28.8 Å². The highest BCUT2D eigenvalue weighted by atomic mass is 16.7. The Kier molecular flexibility index (Phi) is 12.9. The zero-order valence-electron chi connectivity index (χ0n) is 25.9. The smallest absolute Gasteiger partial charge is 0.335 e. The fraction of sp³-hybridized carbons (Fsp3) is 0.515. The van der Waals surface area contributed by atoms with Crippen molar-refractivity contribution in [3.8, 4) is 11.5 Å². The van der Waals surface area contributed by atoms with Crippen LogP contribution in [0.25, 0.3) is 0 Å². The maximum Gasteiger partial charge on any atom is 0.335 e. The first-order valence-electron chi connectivity index (χ1n) is 14.9. The summed E-state index contributed by atoms with van der Waals surface area (Å²) in [5.41, 5.74) is 1.01. The van der Waals surface area contributed by atoms with Crippen LogP contribution in [0.15, 0.2) is 42.5 Å². The van der Waals surface area contributed by atoms with Crippen LogP contribution in [0.5, 0.6) is 11.5 Å². The van der Waals surface area contributed by atoms with Crippen LogP contribution in [0.4, 0.5) is 0 Å². The van der Waals surface area contributed by atoms with E-state index in [2.05, 4.69) is 13.2 Å². The molecule has 0 aliphatic heterocycles. The molecule has 2 saturated carbocycles. The summed E-state index contributed by atoms with van der Waals surface area (Å²) >= 11 is 0. The van der Waals surface area contributed by atoms with E-state index >= 15 is 0 Å². The van der Waals surface area contributed by atoms with Gasteiger partial charge in [-0.2, -0.15) is 0 Å². The van der Waals surface area contributed by atoms with Crippen molar-refractivity contribution < 1.29 is 57.2 Å². The van der Waals surface area contributed by atoms with Crippen LogP contribution in [0.1, 0.15) is 70.8 Å². The third-order valence-electron chi connectivity index (χ3n) is 7.84. The van der Waals surface area contributed by atoms with Gasteiger partial charge in [-0.15, -0.1) is 0 Å². The van der Waals surface area contributed by atoms with Gasteiger partial charge in [0.2, 0.25) is 13.6 Å². The Labute approximate surface area is 262 Å². The third kappa shape index (κ3) is 10.6. The van der Waals surface area contributed by atoms with Gasteiger partial charge in [0, 0.05) is 11.1 Å². The van der Waals surface area contributed by atoms with Gasteiger partial charge < -0.3 is 28.4 Å². The van der Waals surface area contributed by atoms with E-state index < -0.39 is 61.2 Å². The maximum atomic E-state index is 12.8. The lowest BCUT2D eigenvalue weighted by Crippen LogP contribution is -2.30. The van der Waals surface area contributed by atoms with Gasteiger partial charge in [-0.25, -0.2) is 9.59 Å². The largest absolute Gasteiger partial charge is 0.428 e. The molecule has 0 heterocycles. The van der Waals surface area contributed by atoms with Gasteiger partial charge in [0.1, 0.15) is 11.5 Å². The minimum absolute atomic E-state index is 0.204. The third-order valence-corrected chi connectivity index (χ3v) is 7.84. The first-order valence-corrected chi connectivity index (χ1v) is 14.9. The molecule has 0 saturated heterocycles. The Hall–Kier alpha value is -4.48. The number of benzene rings is 1. The lowest BCUT2D eigenvalue weighted by Gasteiger charge is -2.26. The predicted octanol–water partition coefficient (Wildman–Crippen LogP) is 4.66. The molecule has 0 aromatic heterocycles. The van der Waals surface area contributed by atoms with Crippen LogP contribution in [0.2, 0.25) is 0 Å². The number of hydrogen-bond acceptors (Lipinski definition) is 12. The number of aryl methyl sites for hydroxylation is 1. The molecule has 0 radical (unpaired) electrons. The Morgan fingerprint density at radius 2 is 0.978 bits per heavy atom. The second-order valence-electron chi connectivity index (χ2n) is 11.5. The van der Waals surface area contributed by atoms with Gasteiger partial charge >= 0.3 is 35.8 Å². The van der Waals surface area contributed by atoms with Crippen molar-refractivity contribution in [2.75, 3.05) is 13.6 Å². The van der Waals surface area contributed by atoms with Crippen molar-refractivity contribution >= 4 is 35.8 Å². The molecule has 0 spiro atoms. The number of carbonyl (C=O) groups is 6. The lowest BCUT2D eigenvalue weighted by atomic mass is 9.82. The highest BCUT2D eigenvalue weighted by molar-refractivity contribution is 5.87. The lowest BCUT2D eigenvalue weighted by molar-refractivity contribution is -0.170. The van der Waals surface area contributed by atoms with Gasteiger partial charge in [-0.05, 0) is 95.9 Å². The molecule has 0 unspecified atom stereocenters. The van der Waals surface area contributed by atoms with E-state index in [1.54, 1.807) is 25.1 Å². The molecule has 12 nitrogen and oxygen atoms in total. The van der Waals surface area contributed by atoms with Crippen molar-refractivity contribution in [3.63, 3.8) is 0 Å². The zero-order chi connectivity index (χ0) is 33.1. The maximum absolute atomic E-state index is 12.8. The zero-order valence-corrected chi connectivity index (χ0v) is 25.9. The number of ether oxygens (including phenoxy) is 6. The standard InChI is InChI=1S/C33H40O12/c1-19(2)28(34)40-17-42-30(36)22-6-10-24(11-7-22)32(38)44-26-14-15-27(21(5)16-26)45-33(39)25-12-8-23(9-13-25)31(37)43-18-41-29(35)20(3)4/h14-16,22-25H,1,3,6-13,17-18H2,2,4-5H3. The highest BCUT2D eigenvalue weighted by Gasteiger charge is 2.33. The summed E-state index contributed by atoms with van der Waals surface area (Å²) < 4.78 is 30.8. The number of rotatable bonds is 12. The molecule has 12 heteroatoms. The van der Waals surface area contributed by atoms with Crippen molar-refractivity contribution in [2.24, 2.45) is 23.7 Å². The second-order valence-corrected chi connectivity index (χ2v) is 11.5. The Balaban J connectivity index is 1.39. The highest BCUT2D eigenvalue weighted by Crippen LogP contribution is 2.33. The van der Waals surface area contributed by atoms with Crippen molar-refractivity contribution in [1.82, 2.24) is 0 Å². The summed E-state index contributed by atoms with van der Waals surface area (Å²) in [6, 6.07) is 4.73. The Bertz CT molecular complexity index is 1310. The van der Waals surface area contributed by atoms with Gasteiger partial charge in [-0.1, -0.05) is 13.2 Å². The van der Waals surface area contributed by atoms with Crippen molar-refractivity contribution in [3.05, 3.63) is 48.1 Å². The van der Waals surface area contributed by atoms with Gasteiger partial charge in [0.25, 0.3) is 0 Å². The van der Waals surface area contributed by atoms with Crippen LogP contribution < -0.4 is 9.47 Å². The number of carbonyl (C=O) groups excluding carboxylic acids is 6. The number of esters is 6. The van der Waals surface area contributed by atoms with E-state index in [4.69, 9.17) is 28.4 Å². The molecule has 0 amide bonds. The fourth-order valence-electron chi connectivity index (χ4n) is 5.08. The Morgan fingerprint density at radius 3 is 1.36 bits per heavy atom. The summed E-state index contributed by atoms with van der Waals surface area (Å²) in [6.07, 6.45) is 3.54. The molecule has 1 aromatic carbocycles. The minimum Gasteiger partial charge on any atom is -0.428 e. The molecule has 45 heavy (non-hydrogen) atoms. The van der Waals surface area contributed by atoms with Crippen LogP contribution in [-0.4, -0.2) is 49.4 Å². The fourth-order valence-corrected chi connectivity index (χ4v) is 5.08. The van der Waals surface area contributed by atoms with E-state index in [1.165, 1.54) is 13.8 Å². The molecular formula is C33H40O12. The molecule has 244 valence electrons. The quantitative estimate of drug-likeness (QED) is 0.137. The average molecular weight is 629 g/mol. The van der Waals surface area contributed by atoms with E-state index in [1.807, 2.05) is 0 Å². The normalized spacial score (nSPS) is 21.0. The summed E-state index contributed by atoms with van der Waals surface area (Å²) in [5, 5.41) is 0. The first kappa shape index (κ1) is 35.0. The number of hydrogen-bond donors (Lipinski definition) is 0. The van der Waals surface area contributed by atoms with Crippen molar-refractivity contribution in [2.45, 2.75) is 72.1 Å². The second kappa shape index (κ2) is 16.6. The average Bonchev–Trinajstić information content (AvgIpc) is 3.02. The minimum atomic E-state index is -0.641. The molecular weight excluding hydrogens is 588 g/mol. The predicted molar refractivity (Wildman–Crippen MR) is 157 cm³/mol. The molecule has 0 atom stereocenters. The molecule has 0 N–H and O–H groups in total. The summed E-state index contributed by atoms with van der Waals surface area (Å²) in [4.78, 5) is 72.9. The molecule has 2 aliphatic rings. The summed E-state index contributed by atoms with van der Waals surface area (Å²) in [5.74, 6) is -3.96. The van der Waals surface area contributed by atoms with E-state index in [0.717, 1.165) is 0 Å². The molecule has 1 aromatic rings. The molecule has 3 rings (SSSR count). The van der Waals surface area contributed by atoms with Gasteiger partial charge in [0.05, 0.1) is 23.7 Å². The van der Waals surface area contributed by atoms with E-state index in [-0.39, 0.29) is 23.0 Å². The summed E-state index contributed by atoms with van der Waals surface area (Å²) in [6.45, 7) is 10.7. The molecule has 2 aliphatic carbocycles. The SMILES string of the molecule is C=C(C)C(=O)OCOC(=O)C1CCC(C(=O)Oc2ccc(OC(=O)C3CCC(C(=O)OCOC(=O)C(=C)C)CC3)c(C)c2)CC1. The summed E-state index contributed by atoms with van der Waals surface area (Å²) in [7, 11) is 0. The van der Waals surface area contributed by atoms with Crippen LogP contribution in [0.3, 0.4) is 0 Å². The van der Waals surface area contributed by atoms with Gasteiger partial charge in [-0.3, -0.25) is 19.2 Å². The van der Waals surface area contributed by atoms with E-state index in [0.29, 0.717) is 68.4 Å². The first-order chi connectivity index (χ1) is 21.3. The topological polar surface area (TPSA) is 158 Å². The van der Waals surface area contributed by atoms with Crippen molar-refractivity contribution in [1.29, 1.82) is 0 Å². The van der Waals surface area contributed by atoms with Gasteiger partial charge in [0.15, 0.2) is 0 Å².